The van der Waals surface area contributed by atoms with Crippen LogP contribution in [-0.2, 0) is 9.53 Å². The van der Waals surface area contributed by atoms with Crippen molar-refractivity contribution in [3.63, 3.8) is 0 Å². The van der Waals surface area contributed by atoms with E-state index < -0.39 is 0 Å². The first-order valence-electron chi connectivity index (χ1n) is 7.14. The molecule has 5 heteroatoms. The summed E-state index contributed by atoms with van der Waals surface area (Å²) in [6, 6.07) is 8.14. The van der Waals surface area contributed by atoms with Gasteiger partial charge in [0.05, 0.1) is 13.2 Å². The summed E-state index contributed by atoms with van der Waals surface area (Å²) in [5.74, 6) is 0.867. The van der Waals surface area contributed by atoms with Crippen LogP contribution in [0.3, 0.4) is 0 Å². The van der Waals surface area contributed by atoms with Crippen molar-refractivity contribution in [3.8, 4) is 5.75 Å². The van der Waals surface area contributed by atoms with Gasteiger partial charge in [-0.2, -0.15) is 0 Å². The molecule has 1 saturated carbocycles. The van der Waals surface area contributed by atoms with Crippen LogP contribution in [0.4, 0.5) is 5.69 Å². The lowest BCUT2D eigenvalue weighted by Gasteiger charge is -2.44. The topological polar surface area (TPSA) is 50.8 Å². The van der Waals surface area contributed by atoms with Gasteiger partial charge in [0.15, 0.2) is 0 Å². The minimum absolute atomic E-state index is 0.313. The Morgan fingerprint density at radius 1 is 1.20 bits per heavy atom. The lowest BCUT2D eigenvalue weighted by atomic mass is 9.87. The van der Waals surface area contributed by atoms with Crippen molar-refractivity contribution in [2.75, 3.05) is 31.6 Å². The van der Waals surface area contributed by atoms with E-state index in [1.165, 1.54) is 0 Å². The molecule has 1 amide bonds. The van der Waals surface area contributed by atoms with Crippen molar-refractivity contribution in [1.29, 1.82) is 0 Å². The smallest absolute Gasteiger partial charge is 0.211 e. The predicted octanol–water partition coefficient (Wildman–Crippen LogP) is 1.50. The number of rotatable bonds is 5. The summed E-state index contributed by atoms with van der Waals surface area (Å²) in [5, 5.41) is 2.61. The maximum Gasteiger partial charge on any atom is 0.211 e. The van der Waals surface area contributed by atoms with Gasteiger partial charge in [-0.15, -0.1) is 0 Å². The van der Waals surface area contributed by atoms with Crippen LogP contribution in [0.2, 0.25) is 0 Å². The first-order chi connectivity index (χ1) is 9.85. The van der Waals surface area contributed by atoms with Crippen LogP contribution in [0.5, 0.6) is 5.75 Å². The first-order valence-corrected chi connectivity index (χ1v) is 7.14. The van der Waals surface area contributed by atoms with Crippen molar-refractivity contribution in [3.05, 3.63) is 24.3 Å². The number of hydrogen-bond donors (Lipinski definition) is 1. The molecule has 0 atom stereocenters. The number of morpholine rings is 1. The van der Waals surface area contributed by atoms with Crippen LogP contribution >= 0.6 is 0 Å². The standard InChI is InChI=1S/C15H20N2O3/c18-11-16-12-1-3-14(4-2-12)20-15-9-13(10-15)17-5-7-19-8-6-17/h1-4,11,13,15H,5-10H2,(H,16,18). The van der Waals surface area contributed by atoms with Crippen LogP contribution in [0.25, 0.3) is 0 Å². The zero-order chi connectivity index (χ0) is 13.8. The molecule has 1 aromatic rings. The van der Waals surface area contributed by atoms with Gasteiger partial charge in [-0.05, 0) is 24.3 Å². The van der Waals surface area contributed by atoms with Crippen molar-refractivity contribution in [2.24, 2.45) is 0 Å². The Bertz CT molecular complexity index is 437. The Kier molecular flexibility index (Phi) is 4.18. The van der Waals surface area contributed by atoms with Crippen LogP contribution in [0.1, 0.15) is 12.8 Å². The summed E-state index contributed by atoms with van der Waals surface area (Å²) in [6.07, 6.45) is 3.17. The molecular formula is C15H20N2O3. The van der Waals surface area contributed by atoms with Crippen molar-refractivity contribution >= 4 is 12.1 Å². The Morgan fingerprint density at radius 2 is 1.90 bits per heavy atom. The molecule has 1 saturated heterocycles. The van der Waals surface area contributed by atoms with E-state index in [0.717, 1.165) is 50.6 Å². The molecule has 0 unspecified atom stereocenters. The summed E-state index contributed by atoms with van der Waals surface area (Å²) < 4.78 is 11.3. The third-order valence-corrected chi connectivity index (χ3v) is 4.01. The van der Waals surface area contributed by atoms with E-state index in [-0.39, 0.29) is 0 Å². The maximum atomic E-state index is 10.3. The average Bonchev–Trinajstić information content (AvgIpc) is 2.45. The number of nitrogens with one attached hydrogen (secondary N) is 1. The van der Waals surface area contributed by atoms with Gasteiger partial charge in [-0.3, -0.25) is 9.69 Å². The lowest BCUT2D eigenvalue weighted by Crippen LogP contribution is -2.52. The van der Waals surface area contributed by atoms with E-state index in [2.05, 4.69) is 10.2 Å². The van der Waals surface area contributed by atoms with Gasteiger partial charge in [-0.25, -0.2) is 0 Å². The number of anilines is 1. The molecule has 1 aromatic carbocycles. The van der Waals surface area contributed by atoms with Crippen LogP contribution < -0.4 is 10.1 Å². The molecule has 20 heavy (non-hydrogen) atoms. The van der Waals surface area contributed by atoms with Crippen molar-refractivity contribution in [1.82, 2.24) is 4.90 Å². The van der Waals surface area contributed by atoms with E-state index in [4.69, 9.17) is 9.47 Å². The molecule has 1 N–H and O–H groups in total. The monoisotopic (exact) mass is 276 g/mol. The van der Waals surface area contributed by atoms with Crippen LogP contribution in [-0.4, -0.2) is 49.8 Å². The molecule has 5 nitrogen and oxygen atoms in total. The summed E-state index contributed by atoms with van der Waals surface area (Å²) >= 11 is 0. The summed E-state index contributed by atoms with van der Waals surface area (Å²) in [4.78, 5) is 12.8. The third-order valence-electron chi connectivity index (χ3n) is 4.01. The van der Waals surface area contributed by atoms with Crippen molar-refractivity contribution in [2.45, 2.75) is 25.0 Å². The maximum absolute atomic E-state index is 10.3. The third kappa shape index (κ3) is 3.11. The van der Waals surface area contributed by atoms with E-state index >= 15 is 0 Å². The fourth-order valence-corrected chi connectivity index (χ4v) is 2.77. The number of benzene rings is 1. The highest BCUT2D eigenvalue weighted by atomic mass is 16.5. The normalized spacial score (nSPS) is 26.6. The second kappa shape index (κ2) is 6.24. The molecule has 2 aliphatic rings. The Balaban J connectivity index is 1.44. The Labute approximate surface area is 118 Å². The predicted molar refractivity (Wildman–Crippen MR) is 76.0 cm³/mol. The molecule has 0 aromatic heterocycles. The van der Waals surface area contributed by atoms with Gasteiger partial charge >= 0.3 is 0 Å². The summed E-state index contributed by atoms with van der Waals surface area (Å²) in [6.45, 7) is 3.80. The van der Waals surface area contributed by atoms with Gasteiger partial charge in [0.25, 0.3) is 0 Å². The largest absolute Gasteiger partial charge is 0.490 e. The number of nitrogens with zero attached hydrogens (tertiary/aromatic N) is 1. The minimum atomic E-state index is 0.313. The van der Waals surface area contributed by atoms with E-state index in [9.17, 15) is 4.79 Å². The van der Waals surface area contributed by atoms with Gasteiger partial charge in [0.2, 0.25) is 6.41 Å². The van der Waals surface area contributed by atoms with Gasteiger partial charge in [0, 0.05) is 37.7 Å². The summed E-state index contributed by atoms with van der Waals surface area (Å²) in [5.41, 5.74) is 0.784. The molecule has 1 aliphatic heterocycles. The van der Waals surface area contributed by atoms with Crippen molar-refractivity contribution < 1.29 is 14.3 Å². The number of carbonyl (C=O) groups excluding carboxylic acids is 1. The molecule has 108 valence electrons. The number of hydrogen-bond acceptors (Lipinski definition) is 4. The highest BCUT2D eigenvalue weighted by molar-refractivity contribution is 5.71. The molecule has 0 spiro atoms. The number of amides is 1. The number of ether oxygens (including phenoxy) is 2. The fourth-order valence-electron chi connectivity index (χ4n) is 2.77. The SMILES string of the molecule is O=CNc1ccc(OC2CC(N3CCOCC3)C2)cc1. The first kappa shape index (κ1) is 13.4. The quantitative estimate of drug-likeness (QED) is 0.828. The highest BCUT2D eigenvalue weighted by Gasteiger charge is 2.35. The van der Waals surface area contributed by atoms with E-state index in [1.54, 1.807) is 0 Å². The second-order valence-corrected chi connectivity index (χ2v) is 5.30. The fraction of sp³-hybridized carbons (Fsp3) is 0.533. The number of carbonyl (C=O) groups is 1. The molecule has 3 rings (SSSR count). The highest BCUT2D eigenvalue weighted by Crippen LogP contribution is 2.30. The lowest BCUT2D eigenvalue weighted by molar-refractivity contribution is -0.105. The second-order valence-electron chi connectivity index (χ2n) is 5.30. The molecule has 1 heterocycles. The van der Waals surface area contributed by atoms with E-state index in [1.807, 2.05) is 24.3 Å². The zero-order valence-electron chi connectivity index (χ0n) is 11.5. The summed E-state index contributed by atoms with van der Waals surface area (Å²) in [7, 11) is 0. The Hall–Kier alpha value is -1.59. The van der Waals surface area contributed by atoms with E-state index in [0.29, 0.717) is 18.6 Å². The Morgan fingerprint density at radius 3 is 2.55 bits per heavy atom. The molecular weight excluding hydrogens is 256 g/mol. The molecule has 0 radical (unpaired) electrons. The van der Waals surface area contributed by atoms with Gasteiger partial charge in [0.1, 0.15) is 11.9 Å². The molecule has 0 bridgehead atoms. The van der Waals surface area contributed by atoms with Gasteiger partial charge < -0.3 is 14.8 Å². The molecule has 1 aliphatic carbocycles. The van der Waals surface area contributed by atoms with Crippen LogP contribution in [0.15, 0.2) is 24.3 Å². The average molecular weight is 276 g/mol. The van der Waals surface area contributed by atoms with Gasteiger partial charge in [-0.1, -0.05) is 0 Å². The zero-order valence-corrected chi connectivity index (χ0v) is 11.5. The van der Waals surface area contributed by atoms with Crippen LogP contribution in [0, 0.1) is 0 Å². The minimum Gasteiger partial charge on any atom is -0.490 e. The molecule has 2 fully saturated rings.